The normalized spacial score (nSPS) is 11.0. The third kappa shape index (κ3) is 7.98. The Labute approximate surface area is 178 Å². The summed E-state index contributed by atoms with van der Waals surface area (Å²) in [6.07, 6.45) is 7.82. The van der Waals surface area contributed by atoms with Crippen molar-refractivity contribution in [2.45, 2.75) is 66.9 Å². The molecule has 2 aromatic carbocycles. The largest absolute Gasteiger partial charge is 0.377 e. The van der Waals surface area contributed by atoms with Crippen molar-refractivity contribution in [1.82, 2.24) is 0 Å². The Balaban J connectivity index is 0.00000272. The molecule has 0 saturated carbocycles. The van der Waals surface area contributed by atoms with Crippen LogP contribution in [0.1, 0.15) is 69.8 Å². The van der Waals surface area contributed by atoms with E-state index in [1.807, 2.05) is 32.9 Å². The van der Waals surface area contributed by atoms with Crippen molar-refractivity contribution >= 4 is 5.57 Å². The molecule has 0 saturated heterocycles. The summed E-state index contributed by atoms with van der Waals surface area (Å²) in [6.45, 7) is 15.7. The minimum atomic E-state index is -0.164. The zero-order chi connectivity index (χ0) is 21.6. The van der Waals surface area contributed by atoms with E-state index in [4.69, 9.17) is 4.74 Å². The molecule has 2 heteroatoms. The standard InChI is InChI=1S/C25H31FO.C2H6.H2/c1-5-14-27-18-23-15-19(4)25(21(6-2)7-3)17-22(23)12-8-10-20-11-9-13-24(26)16-20;1-2;/h6-7,9,11,13,15-17H,2,5,8,10,12,14,18H2,1,3-4H3;1-2H3;1H/b21-7+;;. The smallest absolute Gasteiger partial charge is 0.123 e. The molecule has 160 valence electrons. The molecule has 0 amide bonds. The number of benzene rings is 2. The number of allylic oxidation sites excluding steroid dienone is 3. The van der Waals surface area contributed by atoms with Crippen LogP contribution in [0, 0.1) is 12.7 Å². The van der Waals surface area contributed by atoms with Crippen LogP contribution in [0.15, 0.2) is 55.1 Å². The minimum Gasteiger partial charge on any atom is -0.377 e. The van der Waals surface area contributed by atoms with E-state index in [1.54, 1.807) is 12.1 Å². The first-order chi connectivity index (χ1) is 14.1. The van der Waals surface area contributed by atoms with Gasteiger partial charge in [-0.25, -0.2) is 4.39 Å². The minimum absolute atomic E-state index is 0. The van der Waals surface area contributed by atoms with E-state index in [0.717, 1.165) is 43.4 Å². The van der Waals surface area contributed by atoms with Gasteiger partial charge in [-0.05, 0) is 85.1 Å². The van der Waals surface area contributed by atoms with Crippen LogP contribution in [0.25, 0.3) is 5.57 Å². The van der Waals surface area contributed by atoms with Crippen molar-refractivity contribution in [1.29, 1.82) is 0 Å². The fourth-order valence-electron chi connectivity index (χ4n) is 3.38. The molecule has 29 heavy (non-hydrogen) atoms. The zero-order valence-corrected chi connectivity index (χ0v) is 18.9. The predicted molar refractivity (Wildman–Crippen MR) is 127 cm³/mol. The highest BCUT2D eigenvalue weighted by atomic mass is 19.1. The Morgan fingerprint density at radius 2 is 1.90 bits per heavy atom. The summed E-state index contributed by atoms with van der Waals surface area (Å²) in [4.78, 5) is 0. The predicted octanol–water partition coefficient (Wildman–Crippen LogP) is 8.10. The lowest BCUT2D eigenvalue weighted by Crippen LogP contribution is -2.03. The molecular weight excluding hydrogens is 359 g/mol. The van der Waals surface area contributed by atoms with E-state index in [0.29, 0.717) is 6.61 Å². The monoisotopic (exact) mass is 398 g/mol. The number of hydrogen-bond acceptors (Lipinski definition) is 1. The van der Waals surface area contributed by atoms with Gasteiger partial charge in [0.1, 0.15) is 5.82 Å². The highest BCUT2D eigenvalue weighted by Gasteiger charge is 2.10. The van der Waals surface area contributed by atoms with Crippen molar-refractivity contribution < 1.29 is 10.6 Å². The van der Waals surface area contributed by atoms with Crippen LogP contribution < -0.4 is 0 Å². The van der Waals surface area contributed by atoms with Gasteiger partial charge in [0.25, 0.3) is 0 Å². The molecule has 0 spiro atoms. The maximum absolute atomic E-state index is 13.4. The van der Waals surface area contributed by atoms with Crippen LogP contribution >= 0.6 is 0 Å². The second kappa shape index (κ2) is 13.9. The van der Waals surface area contributed by atoms with Crippen molar-refractivity contribution in [3.05, 3.63) is 88.8 Å². The quantitative estimate of drug-likeness (QED) is 0.290. The van der Waals surface area contributed by atoms with E-state index >= 15 is 0 Å². The number of rotatable bonds is 10. The van der Waals surface area contributed by atoms with E-state index < -0.39 is 0 Å². The summed E-state index contributed by atoms with van der Waals surface area (Å²) >= 11 is 0. The first-order valence-electron chi connectivity index (χ1n) is 10.8. The van der Waals surface area contributed by atoms with Gasteiger partial charge in [-0.3, -0.25) is 0 Å². The Morgan fingerprint density at radius 3 is 2.52 bits per heavy atom. The lowest BCUT2D eigenvalue weighted by atomic mass is 9.91. The van der Waals surface area contributed by atoms with Crippen LogP contribution in [0.4, 0.5) is 4.39 Å². The molecule has 0 aliphatic heterocycles. The first kappa shape index (κ1) is 24.8. The van der Waals surface area contributed by atoms with Crippen molar-refractivity contribution in [2.75, 3.05) is 6.61 Å². The lowest BCUT2D eigenvalue weighted by Gasteiger charge is -2.16. The zero-order valence-electron chi connectivity index (χ0n) is 18.9. The second-order valence-electron chi connectivity index (χ2n) is 6.92. The summed E-state index contributed by atoms with van der Waals surface area (Å²) in [5.41, 5.74) is 7.23. The van der Waals surface area contributed by atoms with Gasteiger partial charge in [0.2, 0.25) is 0 Å². The second-order valence-corrected chi connectivity index (χ2v) is 6.92. The number of hydrogen-bond donors (Lipinski definition) is 0. The Bertz CT molecular complexity index is 795. The van der Waals surface area contributed by atoms with Crippen LogP contribution in [-0.4, -0.2) is 6.61 Å². The Hall–Kier alpha value is -2.19. The van der Waals surface area contributed by atoms with Crippen LogP contribution in [0.2, 0.25) is 0 Å². The molecule has 2 aromatic rings. The molecule has 2 rings (SSSR count). The van der Waals surface area contributed by atoms with Gasteiger partial charge in [-0.2, -0.15) is 0 Å². The van der Waals surface area contributed by atoms with Gasteiger partial charge in [0.05, 0.1) is 6.61 Å². The van der Waals surface area contributed by atoms with E-state index in [-0.39, 0.29) is 7.24 Å². The van der Waals surface area contributed by atoms with Gasteiger partial charge in [-0.15, -0.1) is 0 Å². The van der Waals surface area contributed by atoms with E-state index in [1.165, 1.54) is 28.3 Å². The third-order valence-corrected chi connectivity index (χ3v) is 4.80. The summed E-state index contributed by atoms with van der Waals surface area (Å²) in [7, 11) is 0. The SMILES string of the molecule is C=C/C(=C\C)c1cc(CCCc2cccc(F)c2)c(COCCC)cc1C.CC.[HH]. The average Bonchev–Trinajstić information content (AvgIpc) is 2.73. The van der Waals surface area contributed by atoms with Crippen molar-refractivity contribution in [3.8, 4) is 0 Å². The molecule has 0 atom stereocenters. The fourth-order valence-corrected chi connectivity index (χ4v) is 3.38. The summed E-state index contributed by atoms with van der Waals surface area (Å²) in [5.74, 6) is -0.164. The molecule has 0 N–H and O–H groups in total. The molecule has 0 aliphatic rings. The molecule has 0 unspecified atom stereocenters. The molecule has 0 aliphatic carbocycles. The molecule has 1 nitrogen and oxygen atoms in total. The van der Waals surface area contributed by atoms with Crippen molar-refractivity contribution in [2.24, 2.45) is 0 Å². The molecule has 0 radical (unpaired) electrons. The van der Waals surface area contributed by atoms with Gasteiger partial charge in [0, 0.05) is 8.03 Å². The molecule has 0 bridgehead atoms. The van der Waals surface area contributed by atoms with Crippen molar-refractivity contribution in [3.63, 3.8) is 0 Å². The first-order valence-corrected chi connectivity index (χ1v) is 10.8. The molecule has 0 fully saturated rings. The Morgan fingerprint density at radius 1 is 1.14 bits per heavy atom. The van der Waals surface area contributed by atoms with E-state index in [2.05, 4.69) is 38.6 Å². The summed E-state index contributed by atoms with van der Waals surface area (Å²) in [5, 5.41) is 0. The van der Waals surface area contributed by atoms with Gasteiger partial charge >= 0.3 is 0 Å². The topological polar surface area (TPSA) is 9.23 Å². The highest BCUT2D eigenvalue weighted by molar-refractivity contribution is 5.76. The molecular formula is C27H39FO. The number of ether oxygens (including phenoxy) is 1. The highest BCUT2D eigenvalue weighted by Crippen LogP contribution is 2.26. The maximum atomic E-state index is 13.4. The lowest BCUT2D eigenvalue weighted by molar-refractivity contribution is 0.121. The summed E-state index contributed by atoms with van der Waals surface area (Å²) < 4.78 is 19.2. The maximum Gasteiger partial charge on any atom is 0.123 e. The van der Waals surface area contributed by atoms with Crippen LogP contribution in [0.5, 0.6) is 0 Å². The third-order valence-electron chi connectivity index (χ3n) is 4.80. The number of aryl methyl sites for hydroxylation is 3. The van der Waals surface area contributed by atoms with Gasteiger partial charge in [0.15, 0.2) is 0 Å². The van der Waals surface area contributed by atoms with Crippen LogP contribution in [0.3, 0.4) is 0 Å². The van der Waals surface area contributed by atoms with Gasteiger partial charge in [-0.1, -0.05) is 63.8 Å². The van der Waals surface area contributed by atoms with Crippen LogP contribution in [-0.2, 0) is 24.2 Å². The van der Waals surface area contributed by atoms with E-state index in [9.17, 15) is 4.39 Å². The average molecular weight is 399 g/mol. The molecule has 0 aromatic heterocycles. The fraction of sp³-hybridized carbons (Fsp3) is 0.407. The number of halogens is 1. The van der Waals surface area contributed by atoms with Gasteiger partial charge < -0.3 is 4.74 Å². The Kier molecular flexibility index (Phi) is 11.9. The molecule has 0 heterocycles. The summed E-state index contributed by atoms with van der Waals surface area (Å²) in [6, 6.07) is 11.4.